The van der Waals surface area contributed by atoms with Crippen LogP contribution in [0.15, 0.2) is 30.3 Å². The topological polar surface area (TPSA) is 78.6 Å². The maximum Gasteiger partial charge on any atom is 0.331 e. The number of primary amides is 1. The number of amides is 1. The van der Waals surface area contributed by atoms with E-state index in [1.54, 1.807) is 37.5 Å². The van der Waals surface area contributed by atoms with Gasteiger partial charge in [-0.1, -0.05) is 12.1 Å². The van der Waals surface area contributed by atoms with E-state index in [1.165, 1.54) is 6.08 Å². The first-order valence-electron chi connectivity index (χ1n) is 4.89. The van der Waals surface area contributed by atoms with E-state index in [4.69, 9.17) is 10.5 Å². The van der Waals surface area contributed by atoms with Gasteiger partial charge in [-0.2, -0.15) is 0 Å². The number of hydrogen-bond donors (Lipinski definition) is 1. The van der Waals surface area contributed by atoms with Gasteiger partial charge in [-0.25, -0.2) is 4.79 Å². The maximum absolute atomic E-state index is 11.1. The molecule has 1 aromatic carbocycles. The number of nitrogens with two attached hydrogens (primary N) is 1. The van der Waals surface area contributed by atoms with E-state index in [0.29, 0.717) is 5.75 Å². The fourth-order valence-electron chi connectivity index (χ4n) is 1.10. The highest BCUT2D eigenvalue weighted by Gasteiger charge is 2.00. The maximum atomic E-state index is 11.1. The van der Waals surface area contributed by atoms with Gasteiger partial charge in [-0.05, 0) is 23.8 Å². The molecule has 0 saturated heterocycles. The Morgan fingerprint density at radius 2 is 2.18 bits per heavy atom. The smallest absolute Gasteiger partial charge is 0.331 e. The molecule has 0 fully saturated rings. The average molecular weight is 235 g/mol. The van der Waals surface area contributed by atoms with E-state index in [0.717, 1.165) is 5.56 Å². The molecule has 90 valence electrons. The fourth-order valence-corrected chi connectivity index (χ4v) is 1.10. The van der Waals surface area contributed by atoms with E-state index >= 15 is 0 Å². The minimum atomic E-state index is -0.687. The molecule has 0 aliphatic heterocycles. The summed E-state index contributed by atoms with van der Waals surface area (Å²) in [7, 11) is 1.56. The first kappa shape index (κ1) is 12.8. The lowest BCUT2D eigenvalue weighted by Crippen LogP contribution is -2.19. The standard InChI is InChI=1S/C12H13NO4/c1-16-10-4-2-3-9(7-10)5-6-12(15)17-8-11(13)14/h2-7H,8H2,1H3,(H2,13,14)/b6-5+. The van der Waals surface area contributed by atoms with Crippen molar-refractivity contribution < 1.29 is 19.1 Å². The SMILES string of the molecule is COc1cccc(/C=C/C(=O)OCC(N)=O)c1. The first-order chi connectivity index (χ1) is 8.11. The van der Waals surface area contributed by atoms with Gasteiger partial charge >= 0.3 is 5.97 Å². The average Bonchev–Trinajstić information content (AvgIpc) is 2.34. The molecule has 0 heterocycles. The highest BCUT2D eigenvalue weighted by atomic mass is 16.5. The number of methoxy groups -OCH3 is 1. The third kappa shape index (κ3) is 4.83. The minimum absolute atomic E-state index is 0.415. The van der Waals surface area contributed by atoms with Crippen LogP contribution in [0.25, 0.3) is 6.08 Å². The summed E-state index contributed by atoms with van der Waals surface area (Å²) in [5, 5.41) is 0. The molecule has 0 aliphatic carbocycles. The van der Waals surface area contributed by atoms with Crippen LogP contribution in [0.1, 0.15) is 5.56 Å². The molecule has 0 bridgehead atoms. The fraction of sp³-hybridized carbons (Fsp3) is 0.167. The Labute approximate surface area is 98.8 Å². The normalized spacial score (nSPS) is 10.2. The molecule has 5 heteroatoms. The van der Waals surface area contributed by atoms with Gasteiger partial charge in [0.15, 0.2) is 6.61 Å². The molecule has 17 heavy (non-hydrogen) atoms. The quantitative estimate of drug-likeness (QED) is 0.603. The summed E-state index contributed by atoms with van der Waals surface area (Å²) < 4.78 is 9.58. The number of carbonyl (C=O) groups is 2. The van der Waals surface area contributed by atoms with Crippen molar-refractivity contribution >= 4 is 18.0 Å². The lowest BCUT2D eigenvalue weighted by atomic mass is 10.2. The third-order valence-electron chi connectivity index (χ3n) is 1.86. The second kappa shape index (κ2) is 6.32. The van der Waals surface area contributed by atoms with Gasteiger partial charge in [-0.3, -0.25) is 4.79 Å². The molecule has 0 aliphatic rings. The minimum Gasteiger partial charge on any atom is -0.497 e. The van der Waals surface area contributed by atoms with E-state index in [-0.39, 0.29) is 0 Å². The summed E-state index contributed by atoms with van der Waals surface area (Å²) in [6.07, 6.45) is 2.78. The zero-order valence-electron chi connectivity index (χ0n) is 9.38. The van der Waals surface area contributed by atoms with Gasteiger partial charge in [0, 0.05) is 6.08 Å². The number of hydrogen-bond acceptors (Lipinski definition) is 4. The number of rotatable bonds is 5. The largest absolute Gasteiger partial charge is 0.497 e. The molecular weight excluding hydrogens is 222 g/mol. The second-order valence-electron chi connectivity index (χ2n) is 3.18. The molecule has 0 aromatic heterocycles. The monoisotopic (exact) mass is 235 g/mol. The molecule has 0 radical (unpaired) electrons. The van der Waals surface area contributed by atoms with Crippen molar-refractivity contribution in [2.45, 2.75) is 0 Å². The van der Waals surface area contributed by atoms with E-state index < -0.39 is 18.5 Å². The predicted octanol–water partition coefficient (Wildman–Crippen LogP) is 0.737. The second-order valence-corrected chi connectivity index (χ2v) is 3.18. The highest BCUT2D eigenvalue weighted by Crippen LogP contribution is 2.13. The van der Waals surface area contributed by atoms with Crippen LogP contribution < -0.4 is 10.5 Å². The Balaban J connectivity index is 2.57. The van der Waals surface area contributed by atoms with Crippen LogP contribution in [0, 0.1) is 0 Å². The molecular formula is C12H13NO4. The van der Waals surface area contributed by atoms with Crippen molar-refractivity contribution in [3.63, 3.8) is 0 Å². The van der Waals surface area contributed by atoms with E-state index in [9.17, 15) is 9.59 Å². The molecule has 0 atom stereocenters. The van der Waals surface area contributed by atoms with Gasteiger partial charge in [0.05, 0.1) is 7.11 Å². The van der Waals surface area contributed by atoms with Crippen LogP contribution in [0.4, 0.5) is 0 Å². The van der Waals surface area contributed by atoms with Crippen molar-refractivity contribution in [3.8, 4) is 5.75 Å². The van der Waals surface area contributed by atoms with Crippen LogP contribution >= 0.6 is 0 Å². The number of carbonyl (C=O) groups excluding carboxylic acids is 2. The summed E-state index contributed by atoms with van der Waals surface area (Å²) in [5.74, 6) is -0.614. The van der Waals surface area contributed by atoms with Crippen LogP contribution in [0.3, 0.4) is 0 Å². The summed E-state index contributed by atoms with van der Waals surface area (Å²) in [5.41, 5.74) is 5.62. The molecule has 5 nitrogen and oxygen atoms in total. The third-order valence-corrected chi connectivity index (χ3v) is 1.86. The zero-order valence-corrected chi connectivity index (χ0v) is 9.38. The van der Waals surface area contributed by atoms with Gasteiger partial charge < -0.3 is 15.2 Å². The van der Waals surface area contributed by atoms with Crippen LogP contribution in [-0.4, -0.2) is 25.6 Å². The summed E-state index contributed by atoms with van der Waals surface area (Å²) in [6.45, 7) is -0.415. The van der Waals surface area contributed by atoms with Crippen molar-refractivity contribution in [1.29, 1.82) is 0 Å². The Kier molecular flexibility index (Phi) is 4.75. The number of benzene rings is 1. The van der Waals surface area contributed by atoms with E-state index in [1.807, 2.05) is 0 Å². The lowest BCUT2D eigenvalue weighted by molar-refractivity contribution is -0.142. The van der Waals surface area contributed by atoms with Gasteiger partial charge in [0.2, 0.25) is 0 Å². The Morgan fingerprint density at radius 3 is 2.82 bits per heavy atom. The highest BCUT2D eigenvalue weighted by molar-refractivity contribution is 5.89. The van der Waals surface area contributed by atoms with Crippen molar-refractivity contribution in [1.82, 2.24) is 0 Å². The first-order valence-corrected chi connectivity index (χ1v) is 4.89. The predicted molar refractivity (Wildman–Crippen MR) is 62.2 cm³/mol. The molecule has 1 rings (SSSR count). The number of esters is 1. The Bertz CT molecular complexity index is 440. The van der Waals surface area contributed by atoms with E-state index in [2.05, 4.69) is 4.74 Å². The van der Waals surface area contributed by atoms with Crippen LogP contribution in [0.5, 0.6) is 5.75 Å². The molecule has 1 aromatic rings. The van der Waals surface area contributed by atoms with Gasteiger partial charge in [0.1, 0.15) is 5.75 Å². The van der Waals surface area contributed by atoms with Crippen molar-refractivity contribution in [2.75, 3.05) is 13.7 Å². The molecule has 0 unspecified atom stereocenters. The summed E-state index contributed by atoms with van der Waals surface area (Å²) in [4.78, 5) is 21.5. The molecule has 0 spiro atoms. The van der Waals surface area contributed by atoms with Crippen molar-refractivity contribution in [3.05, 3.63) is 35.9 Å². The Hall–Kier alpha value is -2.30. The Morgan fingerprint density at radius 1 is 1.41 bits per heavy atom. The molecule has 2 N–H and O–H groups in total. The zero-order chi connectivity index (χ0) is 12.7. The lowest BCUT2D eigenvalue weighted by Gasteiger charge is -2.00. The van der Waals surface area contributed by atoms with Crippen molar-refractivity contribution in [2.24, 2.45) is 5.73 Å². The summed E-state index contributed by atoms with van der Waals surface area (Å²) >= 11 is 0. The summed E-state index contributed by atoms with van der Waals surface area (Å²) in [6, 6.07) is 7.16. The van der Waals surface area contributed by atoms with Gasteiger partial charge in [-0.15, -0.1) is 0 Å². The van der Waals surface area contributed by atoms with Crippen LogP contribution in [-0.2, 0) is 14.3 Å². The molecule has 1 amide bonds. The van der Waals surface area contributed by atoms with Gasteiger partial charge in [0.25, 0.3) is 5.91 Å². The van der Waals surface area contributed by atoms with Crippen LogP contribution in [0.2, 0.25) is 0 Å². The molecule has 0 saturated carbocycles. The number of ether oxygens (including phenoxy) is 2.